The predicted molar refractivity (Wildman–Crippen MR) is 113 cm³/mol. The summed E-state index contributed by atoms with van der Waals surface area (Å²) in [6.07, 6.45) is 4.55. The highest BCUT2D eigenvalue weighted by molar-refractivity contribution is 7.89. The maximum Gasteiger partial charge on any atom is 0.214 e. The van der Waals surface area contributed by atoms with Crippen molar-refractivity contribution in [2.24, 2.45) is 5.92 Å². The smallest absolute Gasteiger partial charge is 0.214 e. The van der Waals surface area contributed by atoms with Crippen molar-refractivity contribution in [3.8, 4) is 5.75 Å². The van der Waals surface area contributed by atoms with Gasteiger partial charge in [0, 0.05) is 37.6 Å². The lowest BCUT2D eigenvalue weighted by molar-refractivity contribution is 0.0219. The van der Waals surface area contributed by atoms with Gasteiger partial charge in [0.25, 0.3) is 0 Å². The predicted octanol–water partition coefficient (Wildman–Crippen LogP) is 3.35. The summed E-state index contributed by atoms with van der Waals surface area (Å²) in [6, 6.07) is 4.87. The SMILES string of the molecule is COc1cc2c(cc1C)[C@@H]1C[C@@H]3[C@@H](CCCN3S(=O)(=O)CCCCl)CN1CC2. The summed E-state index contributed by atoms with van der Waals surface area (Å²) in [5, 5.41) is 0. The molecule has 3 aliphatic rings. The molecule has 0 radical (unpaired) electrons. The van der Waals surface area contributed by atoms with Gasteiger partial charge in [-0.15, -0.1) is 11.6 Å². The molecule has 0 N–H and O–H groups in total. The number of fused-ring (bicyclic) bond motifs is 4. The standard InChI is InChI=1S/C21H31ClN2O3S/c1-15-11-18-16(12-21(15)27-2)6-9-23-14-17-5-3-8-24(19(17)13-20(18)23)28(25,26)10-4-7-22/h11-12,17,19-20H,3-10,13-14H2,1-2H3/t17-,19+,20-/m0/s1. The van der Waals surface area contributed by atoms with Crippen molar-refractivity contribution in [2.45, 2.75) is 51.1 Å². The number of piperidine rings is 2. The summed E-state index contributed by atoms with van der Waals surface area (Å²) >= 11 is 5.77. The lowest BCUT2D eigenvalue weighted by Gasteiger charge is -2.51. The molecule has 0 aromatic heterocycles. The lowest BCUT2D eigenvalue weighted by atomic mass is 9.77. The zero-order chi connectivity index (χ0) is 19.9. The van der Waals surface area contributed by atoms with E-state index in [0.717, 1.165) is 50.1 Å². The lowest BCUT2D eigenvalue weighted by Crippen LogP contribution is -2.57. The van der Waals surface area contributed by atoms with Crippen LogP contribution in [-0.4, -0.2) is 62.0 Å². The van der Waals surface area contributed by atoms with Crippen LogP contribution in [0.5, 0.6) is 5.75 Å². The zero-order valence-corrected chi connectivity index (χ0v) is 18.4. The summed E-state index contributed by atoms with van der Waals surface area (Å²) in [5.74, 6) is 1.95. The third-order valence-corrected chi connectivity index (χ3v) is 9.06. The molecule has 0 unspecified atom stereocenters. The number of nitrogens with zero attached hydrogens (tertiary/aromatic N) is 2. The van der Waals surface area contributed by atoms with Crippen molar-refractivity contribution in [3.63, 3.8) is 0 Å². The Morgan fingerprint density at radius 2 is 2.11 bits per heavy atom. The van der Waals surface area contributed by atoms with E-state index >= 15 is 0 Å². The molecule has 2 fully saturated rings. The minimum absolute atomic E-state index is 0.115. The second kappa shape index (κ2) is 8.13. The van der Waals surface area contributed by atoms with Crippen molar-refractivity contribution in [2.75, 3.05) is 38.4 Å². The molecule has 0 bridgehead atoms. The normalized spacial score (nSPS) is 28.3. The number of methoxy groups -OCH3 is 1. The Kier molecular flexibility index (Phi) is 5.94. The number of aryl methyl sites for hydroxylation is 1. The largest absolute Gasteiger partial charge is 0.496 e. The first-order chi connectivity index (χ1) is 13.4. The van der Waals surface area contributed by atoms with Crippen LogP contribution in [0.25, 0.3) is 0 Å². The van der Waals surface area contributed by atoms with Crippen LogP contribution in [-0.2, 0) is 16.4 Å². The van der Waals surface area contributed by atoms with Gasteiger partial charge in [-0.25, -0.2) is 8.42 Å². The van der Waals surface area contributed by atoms with E-state index in [1.165, 1.54) is 11.1 Å². The van der Waals surface area contributed by atoms with Crippen LogP contribution in [0, 0.1) is 12.8 Å². The van der Waals surface area contributed by atoms with Crippen LogP contribution in [0.2, 0.25) is 0 Å². The molecule has 1 aromatic rings. The number of sulfonamides is 1. The molecule has 28 heavy (non-hydrogen) atoms. The number of hydrogen-bond acceptors (Lipinski definition) is 4. The molecule has 0 saturated carbocycles. The molecule has 0 spiro atoms. The minimum atomic E-state index is -3.24. The number of hydrogen-bond donors (Lipinski definition) is 0. The highest BCUT2D eigenvalue weighted by Crippen LogP contribution is 2.44. The van der Waals surface area contributed by atoms with E-state index < -0.39 is 10.0 Å². The number of ether oxygens (including phenoxy) is 1. The molecule has 3 heterocycles. The fraction of sp³-hybridized carbons (Fsp3) is 0.714. The van der Waals surface area contributed by atoms with Gasteiger partial charge in [-0.1, -0.05) is 6.07 Å². The number of benzene rings is 1. The summed E-state index contributed by atoms with van der Waals surface area (Å²) in [7, 11) is -1.52. The van der Waals surface area contributed by atoms with Crippen molar-refractivity contribution < 1.29 is 13.2 Å². The average molecular weight is 427 g/mol. The van der Waals surface area contributed by atoms with Crippen LogP contribution in [0.15, 0.2) is 12.1 Å². The summed E-state index contributed by atoms with van der Waals surface area (Å²) in [4.78, 5) is 2.59. The Bertz CT molecular complexity index is 829. The van der Waals surface area contributed by atoms with Gasteiger partial charge < -0.3 is 4.74 Å². The average Bonchev–Trinajstić information content (AvgIpc) is 2.70. The van der Waals surface area contributed by atoms with Crippen LogP contribution in [0.3, 0.4) is 0 Å². The zero-order valence-electron chi connectivity index (χ0n) is 16.9. The molecule has 5 nitrogen and oxygen atoms in total. The number of alkyl halides is 1. The summed E-state index contributed by atoms with van der Waals surface area (Å²) in [5.41, 5.74) is 3.88. The molecule has 4 rings (SSSR count). The maximum absolute atomic E-state index is 13.0. The van der Waals surface area contributed by atoms with Crippen molar-refractivity contribution in [1.82, 2.24) is 9.21 Å². The highest BCUT2D eigenvalue weighted by Gasteiger charge is 2.45. The first-order valence-corrected chi connectivity index (χ1v) is 12.6. The van der Waals surface area contributed by atoms with E-state index in [1.54, 1.807) is 7.11 Å². The quantitative estimate of drug-likeness (QED) is 0.677. The van der Waals surface area contributed by atoms with Crippen LogP contribution >= 0.6 is 11.6 Å². The molecular weight excluding hydrogens is 396 g/mol. The van der Waals surface area contributed by atoms with Gasteiger partial charge in [-0.05, 0) is 67.7 Å². The number of halogens is 1. The van der Waals surface area contributed by atoms with Crippen molar-refractivity contribution >= 4 is 21.6 Å². The van der Waals surface area contributed by atoms with Crippen molar-refractivity contribution in [1.29, 1.82) is 0 Å². The van der Waals surface area contributed by atoms with Crippen molar-refractivity contribution in [3.05, 3.63) is 28.8 Å². The first kappa shape index (κ1) is 20.5. The van der Waals surface area contributed by atoms with Gasteiger partial charge in [0.05, 0.1) is 12.9 Å². The van der Waals surface area contributed by atoms with Gasteiger partial charge in [0.1, 0.15) is 5.75 Å². The second-order valence-electron chi connectivity index (χ2n) is 8.46. The minimum Gasteiger partial charge on any atom is -0.496 e. The molecule has 156 valence electrons. The molecule has 3 aliphatic heterocycles. The topological polar surface area (TPSA) is 49.9 Å². The Balaban J connectivity index is 1.63. The molecule has 0 aliphatic carbocycles. The third kappa shape index (κ3) is 3.69. The van der Waals surface area contributed by atoms with E-state index in [0.29, 0.717) is 30.8 Å². The second-order valence-corrected chi connectivity index (χ2v) is 10.9. The molecule has 7 heteroatoms. The Morgan fingerprint density at radius 1 is 1.29 bits per heavy atom. The summed E-state index contributed by atoms with van der Waals surface area (Å²) in [6.45, 7) is 4.80. The van der Waals surface area contributed by atoms with E-state index in [2.05, 4.69) is 24.0 Å². The van der Waals surface area contributed by atoms with Gasteiger partial charge in [0.2, 0.25) is 10.0 Å². The van der Waals surface area contributed by atoms with E-state index in [1.807, 2.05) is 4.31 Å². The third-order valence-electron chi connectivity index (χ3n) is 6.82. The number of rotatable bonds is 5. The van der Waals surface area contributed by atoms with Gasteiger partial charge in [0.15, 0.2) is 0 Å². The molecular formula is C21H31ClN2O3S. The molecule has 0 amide bonds. The van der Waals surface area contributed by atoms with E-state index in [4.69, 9.17) is 16.3 Å². The van der Waals surface area contributed by atoms with Gasteiger partial charge in [-0.2, -0.15) is 4.31 Å². The van der Waals surface area contributed by atoms with Crippen LogP contribution in [0.4, 0.5) is 0 Å². The molecule has 3 atom stereocenters. The maximum atomic E-state index is 13.0. The first-order valence-electron chi connectivity index (χ1n) is 10.4. The van der Waals surface area contributed by atoms with Crippen LogP contribution < -0.4 is 4.74 Å². The Hall–Kier alpha value is -0.820. The fourth-order valence-electron chi connectivity index (χ4n) is 5.47. The highest BCUT2D eigenvalue weighted by atomic mass is 35.5. The molecule has 1 aromatic carbocycles. The van der Waals surface area contributed by atoms with Gasteiger partial charge in [-0.3, -0.25) is 4.90 Å². The Labute approximate surface area is 174 Å². The monoisotopic (exact) mass is 426 g/mol. The molecule has 2 saturated heterocycles. The van der Waals surface area contributed by atoms with E-state index in [9.17, 15) is 8.42 Å². The fourth-order valence-corrected chi connectivity index (χ4v) is 7.58. The van der Waals surface area contributed by atoms with Crippen LogP contribution in [0.1, 0.15) is 48.4 Å². The summed E-state index contributed by atoms with van der Waals surface area (Å²) < 4.78 is 33.3. The van der Waals surface area contributed by atoms with Gasteiger partial charge >= 0.3 is 0 Å². The Morgan fingerprint density at radius 3 is 2.86 bits per heavy atom. The van der Waals surface area contributed by atoms with E-state index in [-0.39, 0.29) is 11.8 Å².